The van der Waals surface area contributed by atoms with Gasteiger partial charge in [0, 0.05) is 49.2 Å². The van der Waals surface area contributed by atoms with Crippen LogP contribution in [-0.4, -0.2) is 94.4 Å². The number of ether oxygens (including phenoxy) is 4. The Morgan fingerprint density at radius 1 is 0.538 bits per heavy atom. The first-order valence-electron chi connectivity index (χ1n) is 23.1. The standard InChI is InChI=1S/C12H21NO4.C12H22OS.C10H18O3.C8H14O3.C7H14O2.CH4/c1-6-10(13-9(5)14)12(16)17-8(4)11(15)7(2)3;1-10(2)12(13)8-4-3-6-11-7-5-9-14-11;1-6(2)9(11)8(5)13-10(12)7(3)4;1-5(2)8(10)6(3)11-7(4)9;1-5(2)7(8)9-6(3)4;/h7-8,10H,6H2,1-5H3,(H,13,14);10-11H,3-9H2,1-2H3;6-8H,1-5H3;5-6H,1-4H3;5-6H,1-4H3;1H4/t8-,10+;11-;8-;6-;;/m1101../s1. The number of thioether (sulfide) groups is 1. The molecule has 0 aliphatic carbocycles. The molecule has 0 bridgehead atoms. The molecule has 1 aliphatic rings. The molecule has 1 amide bonds. The van der Waals surface area contributed by atoms with Gasteiger partial charge < -0.3 is 24.3 Å². The number of unbranched alkanes of at least 4 members (excludes halogenated alkanes) is 1. The predicted octanol–water partition coefficient (Wildman–Crippen LogP) is 9.92. The lowest BCUT2D eigenvalue weighted by molar-refractivity contribution is -0.158. The van der Waals surface area contributed by atoms with Crippen LogP contribution in [0.1, 0.15) is 191 Å². The third kappa shape index (κ3) is 39.3. The summed E-state index contributed by atoms with van der Waals surface area (Å²) in [5.74, 6) is -0.424. The molecular formula is C50H93NO13S. The van der Waals surface area contributed by atoms with Gasteiger partial charge in [0.25, 0.3) is 0 Å². The van der Waals surface area contributed by atoms with E-state index in [0.29, 0.717) is 12.2 Å². The molecule has 1 aliphatic heterocycles. The molecule has 0 aromatic carbocycles. The highest BCUT2D eigenvalue weighted by Crippen LogP contribution is 2.30. The van der Waals surface area contributed by atoms with Gasteiger partial charge in [-0.3, -0.25) is 38.4 Å². The molecule has 1 saturated heterocycles. The summed E-state index contributed by atoms with van der Waals surface area (Å²) in [7, 11) is 0. The molecular weight excluding hydrogens is 855 g/mol. The van der Waals surface area contributed by atoms with E-state index in [-0.39, 0.29) is 84.2 Å². The van der Waals surface area contributed by atoms with Gasteiger partial charge in [-0.05, 0) is 72.5 Å². The van der Waals surface area contributed by atoms with Crippen molar-refractivity contribution in [1.82, 2.24) is 5.32 Å². The number of amides is 1. The monoisotopic (exact) mass is 948 g/mol. The molecule has 0 radical (unpaired) electrons. The number of ketones is 4. The number of carbonyl (C=O) groups is 9. The van der Waals surface area contributed by atoms with Crippen LogP contribution in [0.4, 0.5) is 0 Å². The summed E-state index contributed by atoms with van der Waals surface area (Å²) in [6.07, 6.45) is 5.74. The topological polar surface area (TPSA) is 203 Å². The predicted molar refractivity (Wildman–Crippen MR) is 261 cm³/mol. The second kappa shape index (κ2) is 39.5. The second-order valence-electron chi connectivity index (χ2n) is 18.0. The molecule has 382 valence electrons. The van der Waals surface area contributed by atoms with Crippen molar-refractivity contribution in [3.05, 3.63) is 0 Å². The van der Waals surface area contributed by atoms with Gasteiger partial charge in [-0.25, -0.2) is 4.79 Å². The van der Waals surface area contributed by atoms with Crippen molar-refractivity contribution in [3.63, 3.8) is 0 Å². The number of rotatable bonds is 21. The average molecular weight is 948 g/mol. The first-order chi connectivity index (χ1) is 29.3. The van der Waals surface area contributed by atoms with E-state index in [1.807, 2.05) is 41.5 Å². The maximum Gasteiger partial charge on any atom is 0.329 e. The molecule has 1 heterocycles. The Bertz CT molecular complexity index is 1400. The number of Topliss-reactive ketones (excluding diaryl/α,β-unsaturated/α-hetero) is 4. The Morgan fingerprint density at radius 3 is 1.23 bits per heavy atom. The molecule has 65 heavy (non-hydrogen) atoms. The Kier molecular flexibility index (Phi) is 42.8. The number of hydrogen-bond donors (Lipinski definition) is 1. The molecule has 14 nitrogen and oxygen atoms in total. The maximum absolute atomic E-state index is 11.7. The molecule has 0 unspecified atom stereocenters. The van der Waals surface area contributed by atoms with E-state index in [1.54, 1.807) is 83.1 Å². The quantitative estimate of drug-likeness (QED) is 0.0647. The zero-order chi connectivity index (χ0) is 51.0. The summed E-state index contributed by atoms with van der Waals surface area (Å²) in [4.78, 5) is 100. The third-order valence-corrected chi connectivity index (χ3v) is 10.5. The summed E-state index contributed by atoms with van der Waals surface area (Å²) in [6.45, 7) is 34.6. The van der Waals surface area contributed by atoms with Gasteiger partial charge in [-0.1, -0.05) is 104 Å². The lowest BCUT2D eigenvalue weighted by atomic mass is 10.0. The molecule has 1 fully saturated rings. The van der Waals surface area contributed by atoms with Gasteiger partial charge in [0.2, 0.25) is 5.91 Å². The smallest absolute Gasteiger partial charge is 0.329 e. The lowest BCUT2D eigenvalue weighted by Gasteiger charge is -2.19. The minimum absolute atomic E-state index is 0. The summed E-state index contributed by atoms with van der Waals surface area (Å²) in [5.41, 5.74) is 0. The summed E-state index contributed by atoms with van der Waals surface area (Å²) in [5, 5.41) is 3.38. The first kappa shape index (κ1) is 70.4. The van der Waals surface area contributed by atoms with Gasteiger partial charge in [0.1, 0.15) is 11.8 Å². The highest BCUT2D eigenvalue weighted by atomic mass is 32.2. The summed E-state index contributed by atoms with van der Waals surface area (Å²) in [6, 6.07) is -0.685. The van der Waals surface area contributed by atoms with Gasteiger partial charge in [0.05, 0.1) is 17.9 Å². The molecule has 0 aromatic heterocycles. The van der Waals surface area contributed by atoms with Crippen LogP contribution in [0.3, 0.4) is 0 Å². The van der Waals surface area contributed by atoms with Crippen LogP contribution in [0.15, 0.2) is 0 Å². The van der Waals surface area contributed by atoms with Crippen molar-refractivity contribution in [2.45, 2.75) is 227 Å². The van der Waals surface area contributed by atoms with Crippen molar-refractivity contribution < 1.29 is 62.1 Å². The zero-order valence-electron chi connectivity index (χ0n) is 43.3. The van der Waals surface area contributed by atoms with Gasteiger partial charge in [0.15, 0.2) is 35.7 Å². The van der Waals surface area contributed by atoms with E-state index in [4.69, 9.17) is 14.2 Å². The maximum atomic E-state index is 11.7. The molecule has 0 spiro atoms. The van der Waals surface area contributed by atoms with Crippen LogP contribution < -0.4 is 5.32 Å². The van der Waals surface area contributed by atoms with Crippen LogP contribution in [0.5, 0.6) is 0 Å². The van der Waals surface area contributed by atoms with Crippen molar-refractivity contribution in [1.29, 1.82) is 0 Å². The van der Waals surface area contributed by atoms with Crippen molar-refractivity contribution in [2.75, 3.05) is 5.75 Å². The van der Waals surface area contributed by atoms with E-state index in [0.717, 1.165) is 18.1 Å². The van der Waals surface area contributed by atoms with Gasteiger partial charge >= 0.3 is 23.9 Å². The second-order valence-corrected chi connectivity index (χ2v) is 19.4. The summed E-state index contributed by atoms with van der Waals surface area (Å²) < 4.78 is 19.5. The van der Waals surface area contributed by atoms with Crippen LogP contribution >= 0.6 is 11.8 Å². The van der Waals surface area contributed by atoms with E-state index in [2.05, 4.69) is 21.8 Å². The van der Waals surface area contributed by atoms with E-state index in [9.17, 15) is 43.2 Å². The van der Waals surface area contributed by atoms with Crippen molar-refractivity contribution >= 4 is 64.7 Å². The van der Waals surface area contributed by atoms with Crippen molar-refractivity contribution in [2.24, 2.45) is 35.5 Å². The van der Waals surface area contributed by atoms with Crippen LogP contribution in [0.25, 0.3) is 0 Å². The third-order valence-electron chi connectivity index (χ3n) is 9.07. The molecule has 0 aromatic rings. The molecule has 1 N–H and O–H groups in total. The Morgan fingerprint density at radius 2 is 0.938 bits per heavy atom. The van der Waals surface area contributed by atoms with Gasteiger partial charge in [-0.2, -0.15) is 11.8 Å². The Labute approximate surface area is 398 Å². The molecule has 15 heteroatoms. The molecule has 5 atom stereocenters. The van der Waals surface area contributed by atoms with E-state index >= 15 is 0 Å². The zero-order valence-corrected chi connectivity index (χ0v) is 44.1. The molecule has 0 saturated carbocycles. The summed E-state index contributed by atoms with van der Waals surface area (Å²) >= 11 is 2.12. The average Bonchev–Trinajstić information content (AvgIpc) is 3.71. The number of nitrogens with one attached hydrogen (secondary N) is 1. The fourth-order valence-corrected chi connectivity index (χ4v) is 6.50. The normalized spacial score (nSPS) is 14.6. The number of hydrogen-bond acceptors (Lipinski definition) is 14. The largest absolute Gasteiger partial charge is 0.463 e. The first-order valence-corrected chi connectivity index (χ1v) is 24.2. The SMILES string of the molecule is C.CC(=O)O[C@H](C)C(=O)C(C)C.CC(C)C(=O)CCCC[C@@H]1CCCS1.CC(C)C(=O)O[C@@H](C)C(=O)C(C)C.CC(C)OC(=O)C(C)C.CC[C@H](NC(C)=O)C(=O)O[C@H](C)C(=O)C(C)C. The van der Waals surface area contributed by atoms with Gasteiger partial charge in [-0.15, -0.1) is 0 Å². The van der Waals surface area contributed by atoms with Crippen LogP contribution in [0, 0.1) is 35.5 Å². The fourth-order valence-electron chi connectivity index (χ4n) is 5.17. The fraction of sp³-hybridized carbons (Fsp3) is 0.820. The minimum Gasteiger partial charge on any atom is -0.463 e. The minimum atomic E-state index is -0.773. The van der Waals surface area contributed by atoms with E-state index < -0.39 is 36.3 Å². The Hall–Kier alpha value is -3.62. The van der Waals surface area contributed by atoms with Crippen LogP contribution in [-0.2, 0) is 62.1 Å². The number of carbonyl (C=O) groups excluding carboxylic acids is 9. The number of esters is 4. The van der Waals surface area contributed by atoms with E-state index in [1.165, 1.54) is 45.3 Å². The van der Waals surface area contributed by atoms with Crippen molar-refractivity contribution in [3.8, 4) is 0 Å². The van der Waals surface area contributed by atoms with Crippen LogP contribution in [0.2, 0.25) is 0 Å². The Balaban J connectivity index is -0.000000233. The lowest BCUT2D eigenvalue weighted by Crippen LogP contribution is -2.42. The highest BCUT2D eigenvalue weighted by molar-refractivity contribution is 8.00. The highest BCUT2D eigenvalue weighted by Gasteiger charge is 2.26. The molecule has 1 rings (SSSR count).